The molecular formula is C15H25NO. The van der Waals surface area contributed by atoms with Crippen molar-refractivity contribution in [2.45, 2.75) is 46.1 Å². The standard InChI is InChI=1S/C15H25NO/c1-4-6-13(3)15(16)9-10-17-14-8-5-7-12(2)11-14/h5,7-8,11,13,15H,4,6,9-10,16H2,1-3H3. The van der Waals surface area contributed by atoms with Crippen LogP contribution in [-0.4, -0.2) is 12.6 Å². The highest BCUT2D eigenvalue weighted by molar-refractivity contribution is 5.27. The van der Waals surface area contributed by atoms with Crippen LogP contribution in [0.5, 0.6) is 5.75 Å². The first kappa shape index (κ1) is 14.0. The monoisotopic (exact) mass is 235 g/mol. The van der Waals surface area contributed by atoms with Crippen LogP contribution in [0.2, 0.25) is 0 Å². The van der Waals surface area contributed by atoms with Crippen molar-refractivity contribution in [2.24, 2.45) is 11.7 Å². The van der Waals surface area contributed by atoms with E-state index in [0.29, 0.717) is 12.5 Å². The van der Waals surface area contributed by atoms with Crippen molar-refractivity contribution < 1.29 is 4.74 Å². The molecular weight excluding hydrogens is 210 g/mol. The van der Waals surface area contributed by atoms with E-state index in [2.05, 4.69) is 32.9 Å². The first-order valence-corrected chi connectivity index (χ1v) is 6.58. The number of nitrogens with two attached hydrogens (primary N) is 1. The van der Waals surface area contributed by atoms with E-state index in [-0.39, 0.29) is 6.04 Å². The molecule has 0 aliphatic carbocycles. The van der Waals surface area contributed by atoms with Gasteiger partial charge < -0.3 is 10.5 Å². The molecule has 0 saturated carbocycles. The lowest BCUT2D eigenvalue weighted by Gasteiger charge is -2.19. The smallest absolute Gasteiger partial charge is 0.119 e. The molecule has 2 nitrogen and oxygen atoms in total. The van der Waals surface area contributed by atoms with Gasteiger partial charge in [0.25, 0.3) is 0 Å². The van der Waals surface area contributed by atoms with E-state index in [1.807, 2.05) is 12.1 Å². The molecule has 1 aromatic carbocycles. The van der Waals surface area contributed by atoms with Crippen LogP contribution in [0.15, 0.2) is 24.3 Å². The van der Waals surface area contributed by atoms with Gasteiger partial charge in [-0.25, -0.2) is 0 Å². The zero-order chi connectivity index (χ0) is 12.7. The van der Waals surface area contributed by atoms with Gasteiger partial charge in [-0.05, 0) is 43.4 Å². The normalized spacial score (nSPS) is 14.4. The van der Waals surface area contributed by atoms with Crippen molar-refractivity contribution in [3.05, 3.63) is 29.8 Å². The van der Waals surface area contributed by atoms with Crippen LogP contribution in [0.1, 0.15) is 38.7 Å². The molecule has 0 heterocycles. The lowest BCUT2D eigenvalue weighted by atomic mass is 9.95. The molecule has 2 N–H and O–H groups in total. The highest BCUT2D eigenvalue weighted by Crippen LogP contribution is 2.15. The summed E-state index contributed by atoms with van der Waals surface area (Å²) in [6, 6.07) is 8.39. The molecule has 0 spiro atoms. The fraction of sp³-hybridized carbons (Fsp3) is 0.600. The number of benzene rings is 1. The fourth-order valence-electron chi connectivity index (χ4n) is 1.97. The van der Waals surface area contributed by atoms with Gasteiger partial charge in [-0.1, -0.05) is 32.4 Å². The van der Waals surface area contributed by atoms with Crippen LogP contribution < -0.4 is 10.5 Å². The Morgan fingerprint density at radius 1 is 1.29 bits per heavy atom. The van der Waals surface area contributed by atoms with Gasteiger partial charge in [0, 0.05) is 6.04 Å². The van der Waals surface area contributed by atoms with Crippen LogP contribution in [0.4, 0.5) is 0 Å². The zero-order valence-corrected chi connectivity index (χ0v) is 11.3. The lowest BCUT2D eigenvalue weighted by molar-refractivity contribution is 0.273. The Morgan fingerprint density at radius 2 is 2.06 bits per heavy atom. The topological polar surface area (TPSA) is 35.2 Å². The van der Waals surface area contributed by atoms with E-state index in [1.165, 1.54) is 18.4 Å². The first-order valence-electron chi connectivity index (χ1n) is 6.58. The van der Waals surface area contributed by atoms with Gasteiger partial charge in [0.15, 0.2) is 0 Å². The van der Waals surface area contributed by atoms with Gasteiger partial charge >= 0.3 is 0 Å². The fourth-order valence-corrected chi connectivity index (χ4v) is 1.97. The maximum atomic E-state index is 6.12. The maximum Gasteiger partial charge on any atom is 0.119 e. The molecule has 1 rings (SSSR count). The Balaban J connectivity index is 2.28. The molecule has 0 aliphatic rings. The quantitative estimate of drug-likeness (QED) is 0.784. The minimum absolute atomic E-state index is 0.250. The third-order valence-electron chi connectivity index (χ3n) is 3.18. The largest absolute Gasteiger partial charge is 0.494 e. The summed E-state index contributed by atoms with van der Waals surface area (Å²) in [6.45, 7) is 7.20. The van der Waals surface area contributed by atoms with E-state index in [4.69, 9.17) is 10.5 Å². The second-order valence-corrected chi connectivity index (χ2v) is 4.88. The van der Waals surface area contributed by atoms with E-state index in [9.17, 15) is 0 Å². The van der Waals surface area contributed by atoms with E-state index in [1.54, 1.807) is 0 Å². The predicted molar refractivity (Wildman–Crippen MR) is 73.3 cm³/mol. The van der Waals surface area contributed by atoms with Crippen molar-refractivity contribution in [1.29, 1.82) is 0 Å². The molecule has 0 aliphatic heterocycles. The predicted octanol–water partition coefficient (Wildman–Crippen LogP) is 3.53. The number of hydrogen-bond donors (Lipinski definition) is 1. The molecule has 96 valence electrons. The molecule has 2 atom stereocenters. The number of hydrogen-bond acceptors (Lipinski definition) is 2. The van der Waals surface area contributed by atoms with E-state index in [0.717, 1.165) is 12.2 Å². The Kier molecular flexibility index (Phi) is 6.06. The summed E-state index contributed by atoms with van der Waals surface area (Å²) >= 11 is 0. The Labute approximate surface area is 105 Å². The highest BCUT2D eigenvalue weighted by atomic mass is 16.5. The second-order valence-electron chi connectivity index (χ2n) is 4.88. The van der Waals surface area contributed by atoms with Gasteiger partial charge in [-0.3, -0.25) is 0 Å². The van der Waals surface area contributed by atoms with Crippen molar-refractivity contribution in [1.82, 2.24) is 0 Å². The minimum Gasteiger partial charge on any atom is -0.494 e. The number of aryl methyl sites for hydroxylation is 1. The highest BCUT2D eigenvalue weighted by Gasteiger charge is 2.11. The Bertz CT molecular complexity index is 324. The number of ether oxygens (including phenoxy) is 1. The van der Waals surface area contributed by atoms with Crippen molar-refractivity contribution >= 4 is 0 Å². The van der Waals surface area contributed by atoms with Crippen LogP contribution in [0, 0.1) is 12.8 Å². The molecule has 1 aromatic rings. The molecule has 0 saturated heterocycles. The van der Waals surface area contributed by atoms with Gasteiger partial charge in [0.2, 0.25) is 0 Å². The summed E-state index contributed by atoms with van der Waals surface area (Å²) in [5, 5.41) is 0. The lowest BCUT2D eigenvalue weighted by Crippen LogP contribution is -2.30. The Hall–Kier alpha value is -1.02. The van der Waals surface area contributed by atoms with Crippen molar-refractivity contribution in [3.8, 4) is 5.75 Å². The van der Waals surface area contributed by atoms with Gasteiger partial charge in [-0.15, -0.1) is 0 Å². The third kappa shape index (κ3) is 5.22. The Morgan fingerprint density at radius 3 is 2.71 bits per heavy atom. The summed E-state index contributed by atoms with van der Waals surface area (Å²) in [7, 11) is 0. The molecule has 2 heteroatoms. The summed E-state index contributed by atoms with van der Waals surface area (Å²) in [5.74, 6) is 1.53. The molecule has 0 amide bonds. The molecule has 0 radical (unpaired) electrons. The summed E-state index contributed by atoms with van der Waals surface area (Å²) in [6.07, 6.45) is 3.33. The van der Waals surface area contributed by atoms with E-state index >= 15 is 0 Å². The summed E-state index contributed by atoms with van der Waals surface area (Å²) in [4.78, 5) is 0. The average Bonchev–Trinajstić information content (AvgIpc) is 2.29. The molecule has 17 heavy (non-hydrogen) atoms. The number of rotatable bonds is 7. The van der Waals surface area contributed by atoms with Crippen molar-refractivity contribution in [3.63, 3.8) is 0 Å². The van der Waals surface area contributed by atoms with Gasteiger partial charge in [0.1, 0.15) is 5.75 Å². The second kappa shape index (κ2) is 7.33. The molecule has 0 fully saturated rings. The van der Waals surface area contributed by atoms with E-state index < -0.39 is 0 Å². The molecule has 2 unspecified atom stereocenters. The van der Waals surface area contributed by atoms with Crippen LogP contribution in [0.3, 0.4) is 0 Å². The third-order valence-corrected chi connectivity index (χ3v) is 3.18. The molecule has 0 bridgehead atoms. The minimum atomic E-state index is 0.250. The average molecular weight is 235 g/mol. The van der Waals surface area contributed by atoms with Crippen LogP contribution in [0.25, 0.3) is 0 Å². The van der Waals surface area contributed by atoms with Crippen LogP contribution >= 0.6 is 0 Å². The summed E-state index contributed by atoms with van der Waals surface area (Å²) < 4.78 is 5.71. The van der Waals surface area contributed by atoms with Gasteiger partial charge in [-0.2, -0.15) is 0 Å². The maximum absolute atomic E-state index is 6.12. The van der Waals surface area contributed by atoms with Crippen molar-refractivity contribution in [2.75, 3.05) is 6.61 Å². The van der Waals surface area contributed by atoms with Gasteiger partial charge in [0.05, 0.1) is 6.61 Å². The summed E-state index contributed by atoms with van der Waals surface area (Å²) in [5.41, 5.74) is 7.35. The SMILES string of the molecule is CCCC(C)C(N)CCOc1cccc(C)c1. The molecule has 0 aromatic heterocycles. The first-order chi connectivity index (χ1) is 8.13. The zero-order valence-electron chi connectivity index (χ0n) is 11.3. The van der Waals surface area contributed by atoms with Crippen LogP contribution in [-0.2, 0) is 0 Å².